The molecule has 1 amide bonds. The van der Waals surface area contributed by atoms with Crippen LogP contribution in [0.2, 0.25) is 0 Å². The maximum absolute atomic E-state index is 12.4. The van der Waals surface area contributed by atoms with Crippen LogP contribution in [0.5, 0.6) is 11.5 Å². The highest BCUT2D eigenvalue weighted by Crippen LogP contribution is 2.33. The molecule has 0 bridgehead atoms. The van der Waals surface area contributed by atoms with E-state index in [1.54, 1.807) is 12.1 Å². The highest BCUT2D eigenvalue weighted by molar-refractivity contribution is 5.81. The predicted molar refractivity (Wildman–Crippen MR) is 114 cm³/mol. The minimum Gasteiger partial charge on any atom is -0.494 e. The molecule has 1 N–H and O–H groups in total. The number of para-hydroxylation sites is 1. The fourth-order valence-corrected chi connectivity index (χ4v) is 3.04. The van der Waals surface area contributed by atoms with Crippen molar-refractivity contribution in [2.24, 2.45) is 0 Å². The fraction of sp³-hybridized carbons (Fsp3) is 0.261. The number of carbonyl (C=O) groups is 1. The van der Waals surface area contributed by atoms with Crippen molar-refractivity contribution < 1.29 is 14.3 Å². The summed E-state index contributed by atoms with van der Waals surface area (Å²) in [5.41, 5.74) is 3.28. The summed E-state index contributed by atoms with van der Waals surface area (Å²) in [5.74, 6) is 1.16. The van der Waals surface area contributed by atoms with Gasteiger partial charge in [-0.1, -0.05) is 31.7 Å². The zero-order valence-electron chi connectivity index (χ0n) is 17.1. The average molecular weight is 393 g/mol. The molecule has 0 spiro atoms. The van der Waals surface area contributed by atoms with Crippen LogP contribution in [0.25, 0.3) is 0 Å². The second-order valence-electron chi connectivity index (χ2n) is 6.73. The van der Waals surface area contributed by atoms with Gasteiger partial charge in [-0.3, -0.25) is 14.8 Å². The van der Waals surface area contributed by atoms with Crippen molar-refractivity contribution in [1.29, 1.82) is 0 Å². The molecule has 152 valence electrons. The van der Waals surface area contributed by atoms with E-state index in [0.29, 0.717) is 23.8 Å². The van der Waals surface area contributed by atoms with Crippen molar-refractivity contribution in [3.63, 3.8) is 0 Å². The topological polar surface area (TPSA) is 54.0 Å². The molecule has 0 fully saturated rings. The SMILES string of the molecule is C=C1C(NC(=O)COc2ccc(OCCC)cc2)=C(C)N(C)N1c1ccccc1. The van der Waals surface area contributed by atoms with Gasteiger partial charge in [-0.15, -0.1) is 0 Å². The third kappa shape index (κ3) is 4.71. The molecule has 2 aromatic rings. The van der Waals surface area contributed by atoms with Gasteiger partial charge in [0.15, 0.2) is 6.61 Å². The van der Waals surface area contributed by atoms with Gasteiger partial charge in [0.2, 0.25) is 0 Å². The third-order valence-electron chi connectivity index (χ3n) is 4.62. The number of amides is 1. The predicted octanol–water partition coefficient (Wildman–Crippen LogP) is 4.08. The molecule has 29 heavy (non-hydrogen) atoms. The molecule has 1 aliphatic rings. The zero-order valence-corrected chi connectivity index (χ0v) is 17.1. The number of anilines is 1. The molecule has 0 aliphatic carbocycles. The Hall–Kier alpha value is -3.41. The molecule has 6 heteroatoms. The molecule has 0 unspecified atom stereocenters. The number of benzene rings is 2. The van der Waals surface area contributed by atoms with Gasteiger partial charge in [0.25, 0.3) is 5.91 Å². The fourth-order valence-electron chi connectivity index (χ4n) is 3.04. The van der Waals surface area contributed by atoms with Crippen molar-refractivity contribution in [2.75, 3.05) is 25.3 Å². The highest BCUT2D eigenvalue weighted by atomic mass is 16.5. The van der Waals surface area contributed by atoms with Gasteiger partial charge in [0.1, 0.15) is 11.5 Å². The summed E-state index contributed by atoms with van der Waals surface area (Å²) < 4.78 is 11.1. The minimum atomic E-state index is -0.241. The number of rotatable bonds is 8. The lowest BCUT2D eigenvalue weighted by Gasteiger charge is -2.29. The quantitative estimate of drug-likeness (QED) is 0.732. The van der Waals surface area contributed by atoms with E-state index in [4.69, 9.17) is 9.47 Å². The third-order valence-corrected chi connectivity index (χ3v) is 4.62. The van der Waals surface area contributed by atoms with Gasteiger partial charge in [-0.2, -0.15) is 0 Å². The number of ether oxygens (including phenoxy) is 2. The zero-order chi connectivity index (χ0) is 20.8. The molecular weight excluding hydrogens is 366 g/mol. The van der Waals surface area contributed by atoms with Crippen LogP contribution < -0.4 is 19.8 Å². The summed E-state index contributed by atoms with van der Waals surface area (Å²) in [6, 6.07) is 17.1. The average Bonchev–Trinajstić information content (AvgIpc) is 2.95. The van der Waals surface area contributed by atoms with Crippen molar-refractivity contribution in [3.8, 4) is 11.5 Å². The number of hydrogen-bond donors (Lipinski definition) is 1. The molecular formula is C23H27N3O3. The first-order valence-corrected chi connectivity index (χ1v) is 9.65. The van der Waals surface area contributed by atoms with Gasteiger partial charge in [-0.25, -0.2) is 0 Å². The van der Waals surface area contributed by atoms with Crippen molar-refractivity contribution >= 4 is 11.6 Å². The Morgan fingerprint density at radius 3 is 2.28 bits per heavy atom. The monoisotopic (exact) mass is 393 g/mol. The van der Waals surface area contributed by atoms with Crippen LogP contribution in [0, 0.1) is 0 Å². The molecule has 0 aromatic heterocycles. The van der Waals surface area contributed by atoms with E-state index in [9.17, 15) is 4.79 Å². The number of hydrazine groups is 1. The first kappa shape index (κ1) is 20.3. The second-order valence-corrected chi connectivity index (χ2v) is 6.73. The van der Waals surface area contributed by atoms with Gasteiger partial charge in [0.05, 0.1) is 29.4 Å². The Kier molecular flexibility index (Phi) is 6.44. The number of allylic oxidation sites excluding steroid dienone is 1. The van der Waals surface area contributed by atoms with Crippen LogP contribution in [0.15, 0.2) is 78.3 Å². The molecule has 3 rings (SSSR count). The molecule has 0 atom stereocenters. The van der Waals surface area contributed by atoms with Crippen molar-refractivity contribution in [2.45, 2.75) is 20.3 Å². The minimum absolute atomic E-state index is 0.0890. The number of nitrogens with one attached hydrogen (secondary N) is 1. The normalized spacial score (nSPS) is 13.7. The lowest BCUT2D eigenvalue weighted by atomic mass is 10.2. The van der Waals surface area contributed by atoms with Crippen molar-refractivity contribution in [1.82, 2.24) is 10.3 Å². The van der Waals surface area contributed by atoms with Crippen LogP contribution in [0.1, 0.15) is 20.3 Å². The van der Waals surface area contributed by atoms with Crippen LogP contribution in [0.4, 0.5) is 5.69 Å². The molecule has 0 radical (unpaired) electrons. The van der Waals surface area contributed by atoms with Crippen LogP contribution in [-0.4, -0.2) is 31.2 Å². The standard InChI is InChI=1S/C23H27N3O3/c1-5-15-28-20-11-13-21(14-12-20)29-16-22(27)24-23-17(2)25(4)26(18(23)3)19-9-7-6-8-10-19/h6-14H,3,5,15-16H2,1-2,4H3,(H,24,27). The Bertz CT molecular complexity index is 891. The van der Waals surface area contributed by atoms with E-state index in [2.05, 4.69) is 18.8 Å². The molecule has 2 aromatic carbocycles. The summed E-state index contributed by atoms with van der Waals surface area (Å²) in [6.45, 7) is 8.75. The maximum atomic E-state index is 12.4. The van der Waals surface area contributed by atoms with E-state index in [0.717, 1.165) is 23.6 Å². The number of nitrogens with zero attached hydrogens (tertiary/aromatic N) is 2. The van der Waals surface area contributed by atoms with Gasteiger partial charge >= 0.3 is 0 Å². The first-order valence-electron chi connectivity index (χ1n) is 9.65. The van der Waals surface area contributed by atoms with E-state index >= 15 is 0 Å². The molecule has 0 saturated heterocycles. The summed E-state index contributed by atoms with van der Waals surface area (Å²) in [6.07, 6.45) is 0.954. The summed E-state index contributed by atoms with van der Waals surface area (Å²) in [7, 11) is 1.94. The van der Waals surface area contributed by atoms with E-state index < -0.39 is 0 Å². The molecule has 1 heterocycles. The van der Waals surface area contributed by atoms with E-state index in [1.165, 1.54) is 0 Å². The maximum Gasteiger partial charge on any atom is 0.262 e. The lowest BCUT2D eigenvalue weighted by molar-refractivity contribution is -0.122. The second kappa shape index (κ2) is 9.19. The van der Waals surface area contributed by atoms with Crippen LogP contribution in [0.3, 0.4) is 0 Å². The van der Waals surface area contributed by atoms with Crippen LogP contribution >= 0.6 is 0 Å². The summed E-state index contributed by atoms with van der Waals surface area (Å²) in [5, 5.41) is 6.85. The molecule has 0 saturated carbocycles. The Morgan fingerprint density at radius 1 is 1.03 bits per heavy atom. The highest BCUT2D eigenvalue weighted by Gasteiger charge is 2.30. The Morgan fingerprint density at radius 2 is 1.66 bits per heavy atom. The van der Waals surface area contributed by atoms with Crippen LogP contribution in [-0.2, 0) is 4.79 Å². The molecule has 6 nitrogen and oxygen atoms in total. The van der Waals surface area contributed by atoms with Gasteiger partial charge in [0, 0.05) is 7.05 Å². The lowest BCUT2D eigenvalue weighted by Crippen LogP contribution is -2.33. The molecule has 1 aliphatic heterocycles. The largest absolute Gasteiger partial charge is 0.494 e. The Balaban J connectivity index is 1.58. The van der Waals surface area contributed by atoms with E-state index in [1.807, 2.05) is 66.5 Å². The first-order chi connectivity index (χ1) is 14.0. The summed E-state index contributed by atoms with van der Waals surface area (Å²) in [4.78, 5) is 12.4. The number of carbonyl (C=O) groups excluding carboxylic acids is 1. The smallest absolute Gasteiger partial charge is 0.262 e. The Labute approximate surface area is 172 Å². The van der Waals surface area contributed by atoms with E-state index in [-0.39, 0.29) is 12.5 Å². The van der Waals surface area contributed by atoms with Gasteiger partial charge < -0.3 is 14.8 Å². The number of hydrogen-bond acceptors (Lipinski definition) is 5. The van der Waals surface area contributed by atoms with Crippen molar-refractivity contribution in [3.05, 3.63) is 78.3 Å². The summed E-state index contributed by atoms with van der Waals surface area (Å²) >= 11 is 0. The van der Waals surface area contributed by atoms with Gasteiger partial charge in [-0.05, 0) is 49.7 Å².